The molecule has 1 atom stereocenters. The van der Waals surface area contributed by atoms with Crippen LogP contribution in [0, 0.1) is 0 Å². The second-order valence-electron chi connectivity index (χ2n) is 7.24. The summed E-state index contributed by atoms with van der Waals surface area (Å²) < 4.78 is 40.9. The molecule has 2 heterocycles. The summed E-state index contributed by atoms with van der Waals surface area (Å²) in [4.78, 5) is 16.9. The summed E-state index contributed by atoms with van der Waals surface area (Å²) in [6, 6.07) is 13.4. The van der Waals surface area contributed by atoms with Crippen molar-refractivity contribution in [3.05, 3.63) is 59.8 Å². The molecule has 1 aliphatic heterocycles. The molecule has 1 unspecified atom stereocenters. The van der Waals surface area contributed by atoms with Gasteiger partial charge in [-0.3, -0.25) is 14.8 Å². The van der Waals surface area contributed by atoms with Gasteiger partial charge in [0.2, 0.25) is 0 Å². The minimum Gasteiger partial charge on any atom is -0.406 e. The molecule has 1 amide bonds. The molecule has 3 aromatic rings. The molecule has 1 aromatic heterocycles. The van der Waals surface area contributed by atoms with Crippen molar-refractivity contribution in [1.82, 2.24) is 20.0 Å². The molecule has 30 heavy (non-hydrogen) atoms. The van der Waals surface area contributed by atoms with Crippen LogP contribution in [0.1, 0.15) is 29.0 Å². The molecule has 4 rings (SSSR count). The molecule has 0 radical (unpaired) electrons. The smallest absolute Gasteiger partial charge is 0.406 e. The lowest BCUT2D eigenvalue weighted by molar-refractivity contribution is -0.274. The number of halogens is 3. The van der Waals surface area contributed by atoms with Crippen molar-refractivity contribution in [2.45, 2.75) is 19.3 Å². The molecule has 2 aromatic carbocycles. The van der Waals surface area contributed by atoms with Crippen LogP contribution in [0.2, 0.25) is 0 Å². The van der Waals surface area contributed by atoms with Crippen LogP contribution in [-0.2, 0) is 0 Å². The number of hydrogen-bond donors (Lipinski definition) is 1. The lowest BCUT2D eigenvalue weighted by Gasteiger charge is -2.38. The second-order valence-corrected chi connectivity index (χ2v) is 7.24. The van der Waals surface area contributed by atoms with Gasteiger partial charge in [-0.15, -0.1) is 13.2 Å². The highest BCUT2D eigenvalue weighted by Crippen LogP contribution is 2.27. The number of para-hydroxylation sites is 1. The zero-order valence-corrected chi connectivity index (χ0v) is 16.3. The van der Waals surface area contributed by atoms with Gasteiger partial charge in [0.05, 0.1) is 5.52 Å². The van der Waals surface area contributed by atoms with Gasteiger partial charge in [-0.25, -0.2) is 0 Å². The molecule has 158 valence electrons. The Labute approximate surface area is 171 Å². The Balaban J connectivity index is 1.37. The van der Waals surface area contributed by atoms with Gasteiger partial charge in [0.1, 0.15) is 5.75 Å². The Morgan fingerprint density at radius 2 is 1.73 bits per heavy atom. The molecule has 0 bridgehead atoms. The molecule has 9 heteroatoms. The molecule has 0 spiro atoms. The highest BCUT2D eigenvalue weighted by atomic mass is 19.4. The molecule has 1 aliphatic rings. The number of carbonyl (C=O) groups excluding carboxylic acids is 1. The van der Waals surface area contributed by atoms with E-state index in [1.54, 1.807) is 17.0 Å². The zero-order valence-electron chi connectivity index (χ0n) is 16.3. The number of rotatable bonds is 4. The summed E-state index contributed by atoms with van der Waals surface area (Å²) in [6.07, 6.45) is -4.70. The maximum Gasteiger partial charge on any atom is 0.573 e. The van der Waals surface area contributed by atoms with Crippen LogP contribution in [0.4, 0.5) is 13.2 Å². The van der Waals surface area contributed by atoms with Crippen molar-refractivity contribution in [1.29, 1.82) is 0 Å². The van der Waals surface area contributed by atoms with Gasteiger partial charge in [0.15, 0.2) is 5.69 Å². The number of aromatic amines is 1. The van der Waals surface area contributed by atoms with Gasteiger partial charge in [-0.05, 0) is 30.7 Å². The Hall–Kier alpha value is -3.07. The van der Waals surface area contributed by atoms with Crippen LogP contribution < -0.4 is 4.74 Å². The van der Waals surface area contributed by atoms with Gasteiger partial charge in [-0.2, -0.15) is 5.10 Å². The lowest BCUT2D eigenvalue weighted by atomic mass is 10.1. The van der Waals surface area contributed by atoms with Gasteiger partial charge >= 0.3 is 6.36 Å². The van der Waals surface area contributed by atoms with Crippen LogP contribution in [0.3, 0.4) is 0 Å². The Morgan fingerprint density at radius 1 is 1.07 bits per heavy atom. The number of nitrogens with one attached hydrogen (secondary N) is 1. The van der Waals surface area contributed by atoms with Crippen molar-refractivity contribution in [3.8, 4) is 5.75 Å². The molecule has 0 aliphatic carbocycles. The summed E-state index contributed by atoms with van der Waals surface area (Å²) in [5, 5.41) is 7.88. The third-order valence-corrected chi connectivity index (χ3v) is 5.42. The van der Waals surface area contributed by atoms with Crippen molar-refractivity contribution in [2.75, 3.05) is 26.2 Å². The van der Waals surface area contributed by atoms with Gasteiger partial charge in [-0.1, -0.05) is 30.3 Å². The predicted octanol–water partition coefficient (Wildman–Crippen LogP) is 3.98. The van der Waals surface area contributed by atoms with E-state index < -0.39 is 6.36 Å². The number of fused-ring (bicyclic) bond motifs is 1. The topological polar surface area (TPSA) is 61.5 Å². The third-order valence-electron chi connectivity index (χ3n) is 5.42. The lowest BCUT2D eigenvalue weighted by Crippen LogP contribution is -2.49. The van der Waals surface area contributed by atoms with Crippen LogP contribution in [0.25, 0.3) is 10.9 Å². The van der Waals surface area contributed by atoms with E-state index in [9.17, 15) is 18.0 Å². The SMILES string of the molecule is CC(c1ccc(OC(F)(F)F)cc1)N1CCN(C(=O)c2n[nH]c3ccccc23)CC1. The van der Waals surface area contributed by atoms with E-state index >= 15 is 0 Å². The van der Waals surface area contributed by atoms with Gasteiger partial charge in [0.25, 0.3) is 5.91 Å². The Kier molecular flexibility index (Phi) is 5.38. The van der Waals surface area contributed by atoms with E-state index in [2.05, 4.69) is 19.8 Å². The van der Waals surface area contributed by atoms with E-state index in [0.29, 0.717) is 31.9 Å². The first-order valence-electron chi connectivity index (χ1n) is 9.64. The maximum absolute atomic E-state index is 12.9. The number of piperazine rings is 1. The molecular weight excluding hydrogens is 397 g/mol. The quantitative estimate of drug-likeness (QED) is 0.696. The maximum atomic E-state index is 12.9. The molecule has 1 fully saturated rings. The van der Waals surface area contributed by atoms with E-state index in [1.165, 1.54) is 12.1 Å². The van der Waals surface area contributed by atoms with Gasteiger partial charge in [0, 0.05) is 37.6 Å². The Bertz CT molecular complexity index is 1020. The van der Waals surface area contributed by atoms with Crippen molar-refractivity contribution >= 4 is 16.8 Å². The van der Waals surface area contributed by atoms with Crippen molar-refractivity contribution in [2.24, 2.45) is 0 Å². The fourth-order valence-electron chi connectivity index (χ4n) is 3.75. The van der Waals surface area contributed by atoms with Crippen molar-refractivity contribution in [3.63, 3.8) is 0 Å². The second kappa shape index (κ2) is 7.98. The first kappa shape index (κ1) is 20.2. The number of hydrogen-bond acceptors (Lipinski definition) is 4. The Morgan fingerprint density at radius 3 is 2.40 bits per heavy atom. The highest BCUT2D eigenvalue weighted by Gasteiger charge is 2.31. The first-order valence-corrected chi connectivity index (χ1v) is 9.64. The molecule has 1 N–H and O–H groups in total. The zero-order chi connectivity index (χ0) is 21.3. The number of nitrogens with zero attached hydrogens (tertiary/aromatic N) is 3. The van der Waals surface area contributed by atoms with E-state index in [-0.39, 0.29) is 17.7 Å². The fourth-order valence-corrected chi connectivity index (χ4v) is 3.75. The molecule has 0 saturated carbocycles. The van der Waals surface area contributed by atoms with E-state index in [4.69, 9.17) is 0 Å². The van der Waals surface area contributed by atoms with Crippen LogP contribution in [-0.4, -0.2) is 58.4 Å². The average molecular weight is 418 g/mol. The first-order chi connectivity index (χ1) is 14.3. The van der Waals surface area contributed by atoms with Gasteiger partial charge < -0.3 is 9.64 Å². The van der Waals surface area contributed by atoms with Crippen LogP contribution >= 0.6 is 0 Å². The summed E-state index contributed by atoms with van der Waals surface area (Å²) in [5.74, 6) is -0.339. The summed E-state index contributed by atoms with van der Waals surface area (Å²) in [6.45, 7) is 4.43. The monoisotopic (exact) mass is 418 g/mol. The molecular formula is C21H21F3N4O2. The van der Waals surface area contributed by atoms with Crippen LogP contribution in [0.5, 0.6) is 5.75 Å². The average Bonchev–Trinajstić information content (AvgIpc) is 3.16. The standard InChI is InChI=1S/C21H21F3N4O2/c1-14(15-6-8-16(9-7-15)30-21(22,23)24)27-10-12-28(13-11-27)20(29)19-17-4-2-3-5-18(17)25-26-19/h2-9,14H,10-13H2,1H3,(H,25,26). The normalized spacial score (nSPS) is 16.6. The fraction of sp³-hybridized carbons (Fsp3) is 0.333. The number of H-pyrrole nitrogens is 1. The molecule has 6 nitrogen and oxygen atoms in total. The highest BCUT2D eigenvalue weighted by molar-refractivity contribution is 6.04. The van der Waals surface area contributed by atoms with Crippen LogP contribution in [0.15, 0.2) is 48.5 Å². The number of alkyl halides is 3. The minimum atomic E-state index is -4.70. The number of ether oxygens (including phenoxy) is 1. The largest absolute Gasteiger partial charge is 0.573 e. The van der Waals surface area contributed by atoms with E-state index in [0.717, 1.165) is 16.5 Å². The summed E-state index contributed by atoms with van der Waals surface area (Å²) >= 11 is 0. The molecule has 1 saturated heterocycles. The van der Waals surface area contributed by atoms with Crippen molar-refractivity contribution < 1.29 is 22.7 Å². The minimum absolute atomic E-state index is 0.00778. The number of carbonyl (C=O) groups is 1. The summed E-state index contributed by atoms with van der Waals surface area (Å²) in [5.41, 5.74) is 2.14. The third kappa shape index (κ3) is 4.25. The number of benzene rings is 2. The summed E-state index contributed by atoms with van der Waals surface area (Å²) in [7, 11) is 0. The number of amides is 1. The number of aromatic nitrogens is 2. The van der Waals surface area contributed by atoms with E-state index in [1.807, 2.05) is 31.2 Å². The predicted molar refractivity (Wildman–Crippen MR) is 105 cm³/mol.